The fraction of sp³-hybridized carbons (Fsp3) is 0.500. The molecule has 2 aromatic rings. The van der Waals surface area contributed by atoms with Crippen LogP contribution >= 0.6 is 0 Å². The molecule has 146 valence electrons. The molecule has 1 heterocycles. The third-order valence-corrected chi connectivity index (χ3v) is 4.38. The van der Waals surface area contributed by atoms with E-state index in [1.807, 2.05) is 38.1 Å². The van der Waals surface area contributed by atoms with E-state index in [1.165, 1.54) is 19.3 Å². The largest absolute Gasteiger partial charge is 0.494 e. The van der Waals surface area contributed by atoms with E-state index in [-0.39, 0.29) is 6.10 Å². The van der Waals surface area contributed by atoms with Crippen LogP contribution in [0.1, 0.15) is 80.7 Å². The lowest BCUT2D eigenvalue weighted by molar-refractivity contribution is 0.0286. The van der Waals surface area contributed by atoms with Crippen LogP contribution in [0.3, 0.4) is 0 Å². The minimum Gasteiger partial charge on any atom is -0.494 e. The Morgan fingerprint density at radius 1 is 1.00 bits per heavy atom. The van der Waals surface area contributed by atoms with E-state index in [9.17, 15) is 4.79 Å². The highest BCUT2D eigenvalue weighted by atomic mass is 16.5. The first kappa shape index (κ1) is 20.9. The van der Waals surface area contributed by atoms with Gasteiger partial charge in [-0.3, -0.25) is 0 Å². The maximum atomic E-state index is 12.4. The Labute approximate surface area is 162 Å². The molecule has 5 heteroatoms. The minimum absolute atomic E-state index is 0.304. The van der Waals surface area contributed by atoms with E-state index >= 15 is 0 Å². The monoisotopic (exact) mass is 370 g/mol. The third-order valence-electron chi connectivity index (χ3n) is 4.38. The first-order valence-corrected chi connectivity index (χ1v) is 9.92. The molecular weight excluding hydrogens is 340 g/mol. The van der Waals surface area contributed by atoms with Crippen LogP contribution in [0, 0.1) is 0 Å². The van der Waals surface area contributed by atoms with Crippen LogP contribution in [0.25, 0.3) is 0 Å². The summed E-state index contributed by atoms with van der Waals surface area (Å²) in [5.41, 5.74) is 1.33. The number of nitrogens with zero attached hydrogens (tertiary/aromatic N) is 2. The van der Waals surface area contributed by atoms with Gasteiger partial charge in [-0.05, 0) is 37.5 Å². The number of ether oxygens (including phenoxy) is 2. The van der Waals surface area contributed by atoms with Gasteiger partial charge in [0.25, 0.3) is 0 Å². The fourth-order valence-corrected chi connectivity index (χ4v) is 2.83. The lowest BCUT2D eigenvalue weighted by atomic mass is 10.1. The molecule has 1 unspecified atom stereocenters. The molecule has 27 heavy (non-hydrogen) atoms. The molecule has 2 rings (SSSR count). The number of aromatic nitrogens is 2. The Morgan fingerprint density at radius 3 is 2.30 bits per heavy atom. The van der Waals surface area contributed by atoms with Gasteiger partial charge in [0.2, 0.25) is 0 Å². The summed E-state index contributed by atoms with van der Waals surface area (Å²) in [6.07, 6.45) is 9.06. The van der Waals surface area contributed by atoms with Crippen molar-refractivity contribution in [3.05, 3.63) is 53.6 Å². The van der Waals surface area contributed by atoms with Crippen LogP contribution in [0.5, 0.6) is 5.75 Å². The van der Waals surface area contributed by atoms with Crippen LogP contribution in [0.15, 0.2) is 36.7 Å². The number of carbonyl (C=O) groups is 1. The van der Waals surface area contributed by atoms with Crippen molar-refractivity contribution in [2.75, 3.05) is 6.61 Å². The van der Waals surface area contributed by atoms with Gasteiger partial charge in [0.1, 0.15) is 17.7 Å². The Kier molecular flexibility index (Phi) is 8.75. The number of esters is 1. The summed E-state index contributed by atoms with van der Waals surface area (Å²) >= 11 is 0. The zero-order chi connectivity index (χ0) is 19.5. The summed E-state index contributed by atoms with van der Waals surface area (Å²) in [5.74, 6) is 1.19. The van der Waals surface area contributed by atoms with Gasteiger partial charge in [-0.1, -0.05) is 45.2 Å². The van der Waals surface area contributed by atoms with E-state index in [2.05, 4.69) is 16.9 Å². The van der Waals surface area contributed by atoms with E-state index in [4.69, 9.17) is 9.47 Å². The molecule has 0 radical (unpaired) electrons. The van der Waals surface area contributed by atoms with E-state index in [0.717, 1.165) is 30.0 Å². The first-order valence-electron chi connectivity index (χ1n) is 9.92. The smallest absolute Gasteiger partial charge is 0.341 e. The number of aryl methyl sites for hydroxylation is 1. The Morgan fingerprint density at radius 2 is 1.70 bits per heavy atom. The van der Waals surface area contributed by atoms with Crippen molar-refractivity contribution in [2.45, 2.75) is 65.4 Å². The molecule has 0 fully saturated rings. The highest BCUT2D eigenvalue weighted by molar-refractivity contribution is 5.88. The van der Waals surface area contributed by atoms with Gasteiger partial charge in [0.15, 0.2) is 0 Å². The Hall–Kier alpha value is -2.43. The minimum atomic E-state index is -0.395. The lowest BCUT2D eigenvalue weighted by Gasteiger charge is -2.17. The second kappa shape index (κ2) is 11.3. The molecule has 0 saturated carbocycles. The molecule has 1 aromatic carbocycles. The van der Waals surface area contributed by atoms with E-state index in [1.54, 1.807) is 12.4 Å². The van der Waals surface area contributed by atoms with Gasteiger partial charge in [-0.15, -0.1) is 0 Å². The quantitative estimate of drug-likeness (QED) is 0.396. The summed E-state index contributed by atoms with van der Waals surface area (Å²) in [4.78, 5) is 21.1. The van der Waals surface area contributed by atoms with Crippen molar-refractivity contribution in [3.63, 3.8) is 0 Å². The molecule has 0 N–H and O–H groups in total. The SMILES string of the molecule is CCCCCCc1ncc(C(=O)OC(CC)c2ccc(OCC)cc2)cn1. The van der Waals surface area contributed by atoms with E-state index in [0.29, 0.717) is 18.6 Å². The van der Waals surface area contributed by atoms with Gasteiger partial charge >= 0.3 is 5.97 Å². The predicted molar refractivity (Wildman–Crippen MR) is 106 cm³/mol. The molecular formula is C22H30N2O3. The molecule has 0 aliphatic rings. The molecule has 0 amide bonds. The van der Waals surface area contributed by atoms with Crippen LogP contribution in [-0.2, 0) is 11.2 Å². The molecule has 5 nitrogen and oxygen atoms in total. The van der Waals surface area contributed by atoms with Crippen molar-refractivity contribution >= 4 is 5.97 Å². The molecule has 0 spiro atoms. The van der Waals surface area contributed by atoms with Gasteiger partial charge < -0.3 is 9.47 Å². The number of rotatable bonds is 11. The second-order valence-corrected chi connectivity index (χ2v) is 6.50. The Bertz CT molecular complexity index is 684. The van der Waals surface area contributed by atoms with Crippen molar-refractivity contribution in [1.82, 2.24) is 9.97 Å². The average molecular weight is 370 g/mol. The molecule has 0 bridgehead atoms. The number of unbranched alkanes of at least 4 members (excludes halogenated alkanes) is 3. The highest BCUT2D eigenvalue weighted by Gasteiger charge is 2.17. The predicted octanol–water partition coefficient (Wildman–Crippen LogP) is 5.31. The van der Waals surface area contributed by atoms with Crippen LogP contribution in [0.4, 0.5) is 0 Å². The standard InChI is InChI=1S/C22H30N2O3/c1-4-7-8-9-10-21-23-15-18(16-24-21)22(25)27-20(5-2)17-11-13-19(14-12-17)26-6-3/h11-16,20H,4-10H2,1-3H3. The van der Waals surface area contributed by atoms with Gasteiger partial charge in [0.05, 0.1) is 12.2 Å². The van der Waals surface area contributed by atoms with Crippen LogP contribution < -0.4 is 4.74 Å². The van der Waals surface area contributed by atoms with E-state index < -0.39 is 5.97 Å². The number of hydrogen-bond donors (Lipinski definition) is 0. The average Bonchev–Trinajstić information content (AvgIpc) is 2.70. The second-order valence-electron chi connectivity index (χ2n) is 6.50. The summed E-state index contributed by atoms with van der Waals surface area (Å²) in [5, 5.41) is 0. The van der Waals surface area contributed by atoms with Crippen molar-refractivity contribution in [1.29, 1.82) is 0 Å². The number of hydrogen-bond acceptors (Lipinski definition) is 5. The third kappa shape index (κ3) is 6.66. The maximum Gasteiger partial charge on any atom is 0.341 e. The fourth-order valence-electron chi connectivity index (χ4n) is 2.83. The van der Waals surface area contributed by atoms with Crippen molar-refractivity contribution in [2.24, 2.45) is 0 Å². The summed E-state index contributed by atoms with van der Waals surface area (Å²) < 4.78 is 11.1. The number of benzene rings is 1. The maximum absolute atomic E-state index is 12.4. The highest BCUT2D eigenvalue weighted by Crippen LogP contribution is 2.24. The number of carbonyl (C=O) groups excluding carboxylic acids is 1. The first-order chi connectivity index (χ1) is 13.2. The summed E-state index contributed by atoms with van der Waals surface area (Å²) in [6.45, 7) is 6.75. The molecule has 1 atom stereocenters. The van der Waals surface area contributed by atoms with Gasteiger partial charge in [0, 0.05) is 18.8 Å². The normalized spacial score (nSPS) is 11.8. The van der Waals surface area contributed by atoms with Gasteiger partial charge in [-0.2, -0.15) is 0 Å². The van der Waals surface area contributed by atoms with Gasteiger partial charge in [-0.25, -0.2) is 14.8 Å². The van der Waals surface area contributed by atoms with Crippen LogP contribution in [-0.4, -0.2) is 22.5 Å². The van der Waals surface area contributed by atoms with Crippen molar-refractivity contribution in [3.8, 4) is 5.75 Å². The lowest BCUT2D eigenvalue weighted by Crippen LogP contribution is -2.12. The molecule has 0 aliphatic heterocycles. The van der Waals surface area contributed by atoms with Crippen LogP contribution in [0.2, 0.25) is 0 Å². The molecule has 0 aliphatic carbocycles. The molecule has 1 aromatic heterocycles. The Balaban J connectivity index is 1.93. The zero-order valence-corrected chi connectivity index (χ0v) is 16.6. The summed E-state index contributed by atoms with van der Waals surface area (Å²) in [7, 11) is 0. The molecule has 0 saturated heterocycles. The zero-order valence-electron chi connectivity index (χ0n) is 16.6. The topological polar surface area (TPSA) is 61.3 Å². The van der Waals surface area contributed by atoms with Crippen molar-refractivity contribution < 1.29 is 14.3 Å². The summed E-state index contributed by atoms with van der Waals surface area (Å²) in [6, 6.07) is 7.65.